The molecule has 0 amide bonds. The van der Waals surface area contributed by atoms with Crippen molar-refractivity contribution in [1.82, 2.24) is 9.97 Å². The molecule has 158 valence electrons. The number of sulfonamides is 1. The lowest BCUT2D eigenvalue weighted by molar-refractivity contribution is 0.391. The van der Waals surface area contributed by atoms with Crippen LogP contribution in [-0.2, 0) is 16.6 Å². The van der Waals surface area contributed by atoms with Crippen molar-refractivity contribution < 1.29 is 31.1 Å². The van der Waals surface area contributed by atoms with Gasteiger partial charge >= 0.3 is 6.08 Å². The van der Waals surface area contributed by atoms with Crippen LogP contribution < -0.4 is 13.8 Å². The average molecular weight is 439 g/mol. The maximum Gasteiger partial charge on any atom is 0.313 e. The fourth-order valence-electron chi connectivity index (χ4n) is 2.68. The summed E-state index contributed by atoms with van der Waals surface area (Å²) in [6.45, 7) is -0.531. The molecule has 0 unspecified atom stereocenters. The van der Waals surface area contributed by atoms with Gasteiger partial charge in [-0.3, -0.25) is 0 Å². The number of nitrogens with zero attached hydrogens (tertiary/aromatic N) is 3. The van der Waals surface area contributed by atoms with E-state index in [0.717, 1.165) is 0 Å². The molecule has 1 aromatic heterocycles. The first-order chi connectivity index (χ1) is 14.3. The molecule has 0 saturated carbocycles. The maximum absolute atomic E-state index is 14.5. The average Bonchev–Trinajstić information content (AvgIpc) is 2.75. The van der Waals surface area contributed by atoms with Gasteiger partial charge in [-0.15, -0.1) is 0 Å². The molecule has 0 saturated heterocycles. The van der Waals surface area contributed by atoms with Crippen LogP contribution in [0.3, 0.4) is 0 Å². The van der Waals surface area contributed by atoms with Crippen LogP contribution in [0.5, 0.6) is 11.5 Å². The molecule has 1 heterocycles. The third kappa shape index (κ3) is 4.15. The second-order valence-electron chi connectivity index (χ2n) is 5.92. The largest absolute Gasteiger partial charge is 0.497 e. The number of anilines is 1. The Balaban J connectivity index is 2.19. The summed E-state index contributed by atoms with van der Waals surface area (Å²) in [5.41, 5.74) is 0.275. The third-order valence-electron chi connectivity index (χ3n) is 4.14. The Kier molecular flexibility index (Phi) is 6.11. The molecule has 0 aliphatic heterocycles. The van der Waals surface area contributed by atoms with E-state index in [0.29, 0.717) is 10.1 Å². The minimum absolute atomic E-state index is 0.220. The zero-order valence-electron chi connectivity index (χ0n) is 15.8. The van der Waals surface area contributed by atoms with Crippen LogP contribution in [0.25, 0.3) is 0 Å². The van der Waals surface area contributed by atoms with Crippen molar-refractivity contribution >= 4 is 15.8 Å². The Morgan fingerprint density at radius 3 is 2.30 bits per heavy atom. The number of ether oxygens (including phenoxy) is 2. The van der Waals surface area contributed by atoms with Crippen molar-refractivity contribution in [3.63, 3.8) is 0 Å². The van der Waals surface area contributed by atoms with Crippen molar-refractivity contribution in [2.75, 3.05) is 18.5 Å². The monoisotopic (exact) mass is 439 g/mol. The zero-order valence-corrected chi connectivity index (χ0v) is 16.7. The highest BCUT2D eigenvalue weighted by molar-refractivity contribution is 7.92. The molecule has 3 aromatic rings. The minimum Gasteiger partial charge on any atom is -0.497 e. The summed E-state index contributed by atoms with van der Waals surface area (Å²) in [5, 5.41) is 0. The first kappa shape index (κ1) is 21.4. The molecule has 0 spiro atoms. The van der Waals surface area contributed by atoms with Gasteiger partial charge in [0.1, 0.15) is 11.5 Å². The molecule has 0 fully saturated rings. The van der Waals surface area contributed by atoms with E-state index in [1.165, 1.54) is 56.7 Å². The molecule has 0 aliphatic carbocycles. The Morgan fingerprint density at radius 1 is 0.967 bits per heavy atom. The lowest BCUT2D eigenvalue weighted by Crippen LogP contribution is -2.33. The van der Waals surface area contributed by atoms with Gasteiger partial charge in [0.15, 0.2) is 5.82 Å². The number of halogens is 3. The summed E-state index contributed by atoms with van der Waals surface area (Å²) in [7, 11) is -1.69. The highest BCUT2D eigenvalue weighted by Gasteiger charge is 2.32. The van der Waals surface area contributed by atoms with Crippen LogP contribution in [0, 0.1) is 17.8 Å². The molecule has 7 nitrogen and oxygen atoms in total. The molecule has 0 atom stereocenters. The second kappa shape index (κ2) is 8.57. The van der Waals surface area contributed by atoms with E-state index < -0.39 is 40.2 Å². The highest BCUT2D eigenvalue weighted by Crippen LogP contribution is 2.31. The lowest BCUT2D eigenvalue weighted by atomic mass is 10.2. The van der Waals surface area contributed by atoms with Crippen molar-refractivity contribution in [3.05, 3.63) is 71.9 Å². The summed E-state index contributed by atoms with van der Waals surface area (Å²) in [6.07, 6.45) is -1.61. The topological polar surface area (TPSA) is 81.6 Å². The molecule has 30 heavy (non-hydrogen) atoms. The van der Waals surface area contributed by atoms with Gasteiger partial charge in [0, 0.05) is 11.6 Å². The van der Waals surface area contributed by atoms with Crippen LogP contribution in [0.15, 0.2) is 53.4 Å². The SMILES string of the molecule is COc1ccc(CN(c2nc(F)nc(F)c2F)S(=O)(=O)c2ccccc2)c(OC)c1. The predicted octanol–water partition coefficient (Wildman–Crippen LogP) is 3.31. The number of benzene rings is 2. The molecular weight excluding hydrogens is 423 g/mol. The van der Waals surface area contributed by atoms with Gasteiger partial charge in [-0.25, -0.2) is 12.7 Å². The van der Waals surface area contributed by atoms with E-state index in [1.807, 2.05) is 0 Å². The van der Waals surface area contributed by atoms with E-state index >= 15 is 0 Å². The second-order valence-corrected chi connectivity index (χ2v) is 7.79. The Hall–Kier alpha value is -3.34. The number of hydrogen-bond acceptors (Lipinski definition) is 6. The maximum atomic E-state index is 14.5. The van der Waals surface area contributed by atoms with Gasteiger partial charge in [-0.1, -0.05) is 18.2 Å². The smallest absolute Gasteiger partial charge is 0.313 e. The van der Waals surface area contributed by atoms with Gasteiger partial charge < -0.3 is 9.47 Å². The summed E-state index contributed by atoms with van der Waals surface area (Å²) >= 11 is 0. The van der Waals surface area contributed by atoms with Gasteiger partial charge in [-0.2, -0.15) is 23.1 Å². The van der Waals surface area contributed by atoms with Crippen LogP contribution in [-0.4, -0.2) is 32.6 Å². The quantitative estimate of drug-likeness (QED) is 0.415. The molecule has 0 aliphatic rings. The Labute approximate surface area is 170 Å². The van der Waals surface area contributed by atoms with Crippen molar-refractivity contribution in [2.45, 2.75) is 11.4 Å². The van der Waals surface area contributed by atoms with E-state index in [-0.39, 0.29) is 16.2 Å². The molecule has 0 N–H and O–H groups in total. The standard InChI is InChI=1S/C19H16F3N3O4S/c1-28-13-9-8-12(15(10-13)29-2)11-25(18-16(20)17(21)23-19(22)24-18)30(26,27)14-6-4-3-5-7-14/h3-10H,11H2,1-2H3. The predicted molar refractivity (Wildman–Crippen MR) is 101 cm³/mol. The van der Waals surface area contributed by atoms with Crippen LogP contribution in [0.1, 0.15) is 5.56 Å². The fraction of sp³-hybridized carbons (Fsp3) is 0.158. The number of hydrogen-bond donors (Lipinski definition) is 0. The summed E-state index contributed by atoms with van der Waals surface area (Å²) < 4.78 is 79.1. The lowest BCUT2D eigenvalue weighted by Gasteiger charge is -2.24. The Bertz CT molecular complexity index is 1160. The van der Waals surface area contributed by atoms with Crippen LogP contribution in [0.2, 0.25) is 0 Å². The van der Waals surface area contributed by atoms with Gasteiger partial charge in [0.2, 0.25) is 5.82 Å². The Morgan fingerprint density at radius 2 is 1.67 bits per heavy atom. The number of rotatable bonds is 7. The van der Waals surface area contributed by atoms with Crippen molar-refractivity contribution in [2.24, 2.45) is 0 Å². The number of aromatic nitrogens is 2. The molecular formula is C19H16F3N3O4S. The summed E-state index contributed by atoms with van der Waals surface area (Å²) in [6, 6.07) is 11.5. The molecule has 11 heteroatoms. The van der Waals surface area contributed by atoms with E-state index in [1.54, 1.807) is 6.07 Å². The minimum atomic E-state index is -4.47. The van der Waals surface area contributed by atoms with Crippen LogP contribution in [0.4, 0.5) is 19.0 Å². The highest BCUT2D eigenvalue weighted by atomic mass is 32.2. The number of methoxy groups -OCH3 is 2. The van der Waals surface area contributed by atoms with Gasteiger partial charge in [0.05, 0.1) is 25.7 Å². The first-order valence-electron chi connectivity index (χ1n) is 8.45. The van der Waals surface area contributed by atoms with Crippen molar-refractivity contribution in [1.29, 1.82) is 0 Å². The van der Waals surface area contributed by atoms with Crippen LogP contribution >= 0.6 is 0 Å². The van der Waals surface area contributed by atoms with E-state index in [9.17, 15) is 21.6 Å². The van der Waals surface area contributed by atoms with Gasteiger partial charge in [0.25, 0.3) is 16.0 Å². The molecule has 0 bridgehead atoms. The normalized spacial score (nSPS) is 11.2. The molecule has 3 rings (SSSR count). The summed E-state index contributed by atoms with van der Waals surface area (Å²) in [5.74, 6) is -3.94. The molecule has 2 aromatic carbocycles. The fourth-order valence-corrected chi connectivity index (χ4v) is 4.09. The first-order valence-corrected chi connectivity index (χ1v) is 9.89. The van der Waals surface area contributed by atoms with E-state index in [2.05, 4.69) is 9.97 Å². The van der Waals surface area contributed by atoms with E-state index in [4.69, 9.17) is 9.47 Å². The van der Waals surface area contributed by atoms with Gasteiger partial charge in [-0.05, 0) is 24.3 Å². The van der Waals surface area contributed by atoms with Crippen molar-refractivity contribution in [3.8, 4) is 11.5 Å². The summed E-state index contributed by atoms with van der Waals surface area (Å²) in [4.78, 5) is 5.63. The zero-order chi connectivity index (χ0) is 21.9. The molecule has 0 radical (unpaired) electrons. The third-order valence-corrected chi connectivity index (χ3v) is 5.89.